The van der Waals surface area contributed by atoms with Crippen molar-refractivity contribution < 1.29 is 4.79 Å². The van der Waals surface area contributed by atoms with E-state index in [0.717, 1.165) is 32.0 Å². The molecule has 0 bridgehead atoms. The fraction of sp³-hybridized carbons (Fsp3) is 0.167. The number of rotatable bonds is 6. The van der Waals surface area contributed by atoms with E-state index in [1.54, 1.807) is 23.9 Å². The molecule has 0 saturated carbocycles. The molecule has 1 aromatic heterocycles. The highest BCUT2D eigenvalue weighted by Crippen LogP contribution is 2.28. The van der Waals surface area contributed by atoms with Crippen molar-refractivity contribution in [2.45, 2.75) is 17.0 Å². The monoisotopic (exact) mass is 404 g/mol. The predicted octanol–water partition coefficient (Wildman–Crippen LogP) is 5.09. The number of anilines is 2. The first kappa shape index (κ1) is 18.7. The minimum absolute atomic E-state index is 0.145. The smallest absolute Gasteiger partial charge is 0.255 e. The van der Waals surface area contributed by atoms with Gasteiger partial charge in [-0.3, -0.25) is 4.79 Å². The van der Waals surface area contributed by atoms with Crippen molar-refractivity contribution in [3.8, 4) is 0 Å². The van der Waals surface area contributed by atoms with Gasteiger partial charge in [0.2, 0.25) is 5.13 Å². The Labute approximate surface area is 165 Å². The first-order valence-electron chi connectivity index (χ1n) is 7.85. The number of carbonyl (C=O) groups is 1. The molecule has 0 atom stereocenters. The van der Waals surface area contributed by atoms with Crippen LogP contribution in [0.25, 0.3) is 0 Å². The Morgan fingerprint density at radius 3 is 2.62 bits per heavy atom. The van der Waals surface area contributed by atoms with Gasteiger partial charge in [0, 0.05) is 29.1 Å². The molecule has 134 valence electrons. The van der Waals surface area contributed by atoms with Gasteiger partial charge in [0.25, 0.3) is 5.91 Å². The van der Waals surface area contributed by atoms with Gasteiger partial charge < -0.3 is 10.6 Å². The minimum atomic E-state index is -0.145. The molecule has 3 rings (SSSR count). The van der Waals surface area contributed by atoms with Crippen LogP contribution < -0.4 is 10.6 Å². The van der Waals surface area contributed by atoms with E-state index in [1.165, 1.54) is 11.3 Å². The van der Waals surface area contributed by atoms with Crippen LogP contribution >= 0.6 is 34.7 Å². The number of halogens is 1. The lowest BCUT2D eigenvalue weighted by Crippen LogP contribution is -2.11. The maximum absolute atomic E-state index is 12.4. The second-order valence-corrected chi connectivity index (χ2v) is 8.13. The van der Waals surface area contributed by atoms with Crippen LogP contribution in [0.15, 0.2) is 46.8 Å². The number of hydrogen-bond donors (Lipinski definition) is 2. The molecule has 0 aliphatic heterocycles. The average Bonchev–Trinajstić information content (AvgIpc) is 3.11. The van der Waals surface area contributed by atoms with E-state index >= 15 is 0 Å². The lowest BCUT2D eigenvalue weighted by Gasteiger charge is -2.08. The quantitative estimate of drug-likeness (QED) is 0.560. The number of carbonyl (C=O) groups excluding carboxylic acids is 1. The largest absolute Gasteiger partial charge is 0.363 e. The van der Waals surface area contributed by atoms with E-state index in [2.05, 4.69) is 20.8 Å². The van der Waals surface area contributed by atoms with E-state index in [9.17, 15) is 4.79 Å². The Morgan fingerprint density at radius 2 is 1.96 bits per heavy atom. The summed E-state index contributed by atoms with van der Waals surface area (Å²) in [7, 11) is 1.82. The number of nitrogens with one attached hydrogen (secondary N) is 2. The Hall–Kier alpha value is -2.09. The zero-order valence-corrected chi connectivity index (χ0v) is 16.6. The summed E-state index contributed by atoms with van der Waals surface area (Å²) < 4.78 is 0.911. The molecule has 5 nitrogen and oxygen atoms in total. The summed E-state index contributed by atoms with van der Waals surface area (Å²) in [6, 6.07) is 13.0. The number of thioether (sulfide) groups is 1. The number of nitrogens with zero attached hydrogens (tertiary/aromatic N) is 2. The molecule has 3 aromatic rings. The Balaban J connectivity index is 1.59. The molecule has 0 fully saturated rings. The molecule has 1 heterocycles. The highest BCUT2D eigenvalue weighted by atomic mass is 35.5. The predicted molar refractivity (Wildman–Crippen MR) is 110 cm³/mol. The van der Waals surface area contributed by atoms with Crippen molar-refractivity contribution in [3.63, 3.8) is 0 Å². The van der Waals surface area contributed by atoms with Crippen molar-refractivity contribution in [1.29, 1.82) is 0 Å². The molecule has 0 aliphatic rings. The van der Waals surface area contributed by atoms with Crippen molar-refractivity contribution in [2.24, 2.45) is 0 Å². The summed E-state index contributed by atoms with van der Waals surface area (Å²) in [4.78, 5) is 12.4. The summed E-state index contributed by atoms with van der Waals surface area (Å²) in [6.45, 7) is 1.90. The third-order valence-electron chi connectivity index (χ3n) is 3.61. The fourth-order valence-electron chi connectivity index (χ4n) is 2.19. The summed E-state index contributed by atoms with van der Waals surface area (Å²) in [5.74, 6) is 0.630. The number of amides is 1. The van der Waals surface area contributed by atoms with Gasteiger partial charge in [-0.15, -0.1) is 10.2 Å². The first-order valence-corrected chi connectivity index (χ1v) is 10.0. The maximum atomic E-state index is 12.4. The Morgan fingerprint density at radius 1 is 1.19 bits per heavy atom. The molecule has 26 heavy (non-hydrogen) atoms. The lowest BCUT2D eigenvalue weighted by atomic mass is 10.1. The van der Waals surface area contributed by atoms with Gasteiger partial charge in [-0.1, -0.05) is 46.8 Å². The van der Waals surface area contributed by atoms with Crippen molar-refractivity contribution in [3.05, 3.63) is 64.2 Å². The second kappa shape index (κ2) is 8.53. The molecule has 2 aromatic carbocycles. The van der Waals surface area contributed by atoms with Gasteiger partial charge in [-0.25, -0.2) is 0 Å². The van der Waals surface area contributed by atoms with Crippen LogP contribution in [-0.2, 0) is 5.75 Å². The van der Waals surface area contributed by atoms with Crippen LogP contribution in [0, 0.1) is 6.92 Å². The highest BCUT2D eigenvalue weighted by molar-refractivity contribution is 8.00. The zero-order valence-electron chi connectivity index (χ0n) is 14.2. The van der Waals surface area contributed by atoms with Crippen molar-refractivity contribution in [1.82, 2.24) is 10.2 Å². The molecule has 1 amide bonds. The van der Waals surface area contributed by atoms with Gasteiger partial charge in [0.05, 0.1) is 0 Å². The van der Waals surface area contributed by atoms with E-state index < -0.39 is 0 Å². The third kappa shape index (κ3) is 4.75. The summed E-state index contributed by atoms with van der Waals surface area (Å²) in [6.07, 6.45) is 0. The van der Waals surface area contributed by atoms with Crippen molar-refractivity contribution >= 4 is 51.4 Å². The molecular weight excluding hydrogens is 388 g/mol. The molecule has 0 saturated heterocycles. The Bertz CT molecular complexity index is 912. The molecule has 2 N–H and O–H groups in total. The number of aromatic nitrogens is 2. The average molecular weight is 405 g/mol. The van der Waals surface area contributed by atoms with Crippen LogP contribution in [-0.4, -0.2) is 23.2 Å². The number of benzene rings is 2. The third-order valence-corrected chi connectivity index (χ3v) is 6.18. The van der Waals surface area contributed by atoms with Crippen LogP contribution in [0.2, 0.25) is 5.02 Å². The topological polar surface area (TPSA) is 66.9 Å². The number of hydrogen-bond acceptors (Lipinski definition) is 6. The van der Waals surface area contributed by atoms with Gasteiger partial charge >= 0.3 is 0 Å². The first-order chi connectivity index (χ1) is 12.5. The van der Waals surface area contributed by atoms with Crippen LogP contribution in [0.3, 0.4) is 0 Å². The normalized spacial score (nSPS) is 10.6. The van der Waals surface area contributed by atoms with Gasteiger partial charge in [-0.05, 0) is 48.4 Å². The van der Waals surface area contributed by atoms with Gasteiger partial charge in [0.1, 0.15) is 0 Å². The molecule has 8 heteroatoms. The summed E-state index contributed by atoms with van der Waals surface area (Å²) >= 11 is 9.15. The molecule has 0 radical (unpaired) electrons. The van der Waals surface area contributed by atoms with Gasteiger partial charge in [0.15, 0.2) is 4.34 Å². The Kier molecular flexibility index (Phi) is 6.13. The molecule has 0 aliphatic carbocycles. The minimum Gasteiger partial charge on any atom is -0.363 e. The lowest BCUT2D eigenvalue weighted by molar-refractivity contribution is 0.102. The van der Waals surface area contributed by atoms with E-state index in [4.69, 9.17) is 11.6 Å². The summed E-state index contributed by atoms with van der Waals surface area (Å²) in [5.41, 5.74) is 3.39. The van der Waals surface area contributed by atoms with Crippen LogP contribution in [0.5, 0.6) is 0 Å². The molecular formula is C18H17ClN4OS2. The van der Waals surface area contributed by atoms with Crippen LogP contribution in [0.4, 0.5) is 10.8 Å². The standard InChI is InChI=1S/C18H17ClN4OS2/c1-11-9-14(7-8-15(11)19)21-16(24)13-5-3-12(4-6-13)10-25-18-23-22-17(20-2)26-18/h3-9H,10H2,1-2H3,(H,20,22)(H,21,24). The maximum Gasteiger partial charge on any atom is 0.255 e. The van der Waals surface area contributed by atoms with Crippen molar-refractivity contribution in [2.75, 3.05) is 17.7 Å². The number of aryl methyl sites for hydroxylation is 1. The van der Waals surface area contributed by atoms with E-state index in [0.29, 0.717) is 10.6 Å². The van der Waals surface area contributed by atoms with Gasteiger partial charge in [-0.2, -0.15) is 0 Å². The van der Waals surface area contributed by atoms with E-state index in [-0.39, 0.29) is 5.91 Å². The zero-order chi connectivity index (χ0) is 18.5. The van der Waals surface area contributed by atoms with Crippen LogP contribution in [0.1, 0.15) is 21.5 Å². The molecule has 0 unspecified atom stereocenters. The fourth-order valence-corrected chi connectivity index (χ4v) is 3.97. The second-order valence-electron chi connectivity index (χ2n) is 5.53. The molecule has 0 spiro atoms. The highest BCUT2D eigenvalue weighted by Gasteiger charge is 2.08. The SMILES string of the molecule is CNc1nnc(SCc2ccc(C(=O)Nc3ccc(Cl)c(C)c3)cc2)s1. The summed E-state index contributed by atoms with van der Waals surface area (Å²) in [5, 5.41) is 15.5. The van der Waals surface area contributed by atoms with E-state index in [1.807, 2.05) is 44.3 Å².